The number of hydrogen-bond acceptors (Lipinski definition) is 3. The van der Waals surface area contributed by atoms with Crippen LogP contribution in [0.2, 0.25) is 0 Å². The zero-order valence-corrected chi connectivity index (χ0v) is 3.91. The van der Waals surface area contributed by atoms with Gasteiger partial charge in [0.15, 0.2) is 0 Å². The maximum atomic E-state index is 8.37. The van der Waals surface area contributed by atoms with Crippen molar-refractivity contribution in [3.8, 4) is 0 Å². The molecule has 3 nitrogen and oxygen atoms in total. The summed E-state index contributed by atoms with van der Waals surface area (Å²) in [5.41, 5.74) is 0. The Balaban J connectivity index is 3.14. The summed E-state index contributed by atoms with van der Waals surface area (Å²) in [7, 11) is 0. The van der Waals surface area contributed by atoms with Crippen molar-refractivity contribution in [1.82, 2.24) is 0 Å². The van der Waals surface area contributed by atoms with Crippen molar-refractivity contribution in [3.63, 3.8) is 0 Å². The van der Waals surface area contributed by atoms with E-state index in [0.29, 0.717) is 0 Å². The fourth-order valence-electron chi connectivity index (χ4n) is 0.122. The van der Waals surface area contributed by atoms with Crippen LogP contribution in [0.15, 0.2) is 0 Å². The van der Waals surface area contributed by atoms with Crippen LogP contribution in [-0.2, 0) is 0 Å². The van der Waals surface area contributed by atoms with Crippen LogP contribution in [-0.4, -0.2) is 34.1 Å². The van der Waals surface area contributed by atoms with Gasteiger partial charge in [0.2, 0.25) is 0 Å². The number of aliphatic hydroxyl groups is 3. The smallest absolute Gasteiger partial charge is 0.103 e. The van der Waals surface area contributed by atoms with Gasteiger partial charge in [0.25, 0.3) is 0 Å². The molecule has 0 bridgehead atoms. The van der Waals surface area contributed by atoms with Gasteiger partial charge in [-0.2, -0.15) is 0 Å². The van der Waals surface area contributed by atoms with Crippen molar-refractivity contribution >= 4 is 0 Å². The highest BCUT2D eigenvalue weighted by molar-refractivity contribution is 4.66. The zero-order valence-electron chi connectivity index (χ0n) is 3.91. The minimum absolute atomic E-state index is 0.440. The SMILES string of the molecule is [CH2][C@H](O)[C@H](O)CO. The molecule has 2 atom stereocenters. The van der Waals surface area contributed by atoms with E-state index in [-0.39, 0.29) is 0 Å². The van der Waals surface area contributed by atoms with Gasteiger partial charge in [-0.1, -0.05) is 0 Å². The Morgan fingerprint density at radius 1 is 1.43 bits per heavy atom. The van der Waals surface area contributed by atoms with Crippen molar-refractivity contribution in [3.05, 3.63) is 6.92 Å². The first-order valence-corrected chi connectivity index (χ1v) is 1.98. The lowest BCUT2D eigenvalue weighted by Crippen LogP contribution is -2.26. The molecular formula is C4H9O3. The lowest BCUT2D eigenvalue weighted by molar-refractivity contribution is 0.00813. The molecule has 43 valence electrons. The number of rotatable bonds is 2. The van der Waals surface area contributed by atoms with Gasteiger partial charge in [-0.3, -0.25) is 0 Å². The first-order valence-electron chi connectivity index (χ1n) is 1.98. The van der Waals surface area contributed by atoms with E-state index in [9.17, 15) is 0 Å². The number of hydrogen-bond donors (Lipinski definition) is 3. The van der Waals surface area contributed by atoms with E-state index in [0.717, 1.165) is 0 Å². The van der Waals surface area contributed by atoms with Crippen molar-refractivity contribution in [2.24, 2.45) is 0 Å². The monoisotopic (exact) mass is 105 g/mol. The molecule has 0 fully saturated rings. The molecule has 0 spiro atoms. The van der Waals surface area contributed by atoms with E-state index in [4.69, 9.17) is 15.3 Å². The Morgan fingerprint density at radius 3 is 1.86 bits per heavy atom. The molecule has 0 rings (SSSR count). The maximum Gasteiger partial charge on any atom is 0.103 e. The highest BCUT2D eigenvalue weighted by Gasteiger charge is 2.06. The molecule has 3 heteroatoms. The van der Waals surface area contributed by atoms with Crippen LogP contribution in [0.5, 0.6) is 0 Å². The van der Waals surface area contributed by atoms with E-state index in [2.05, 4.69) is 6.92 Å². The molecule has 0 amide bonds. The molecule has 0 aliphatic heterocycles. The first-order chi connectivity index (χ1) is 3.18. The molecule has 0 aromatic rings. The van der Waals surface area contributed by atoms with Gasteiger partial charge in [0, 0.05) is 0 Å². The van der Waals surface area contributed by atoms with Crippen LogP contribution in [0.4, 0.5) is 0 Å². The molecule has 0 saturated heterocycles. The zero-order chi connectivity index (χ0) is 5.86. The molecule has 0 heterocycles. The molecule has 0 aromatic heterocycles. The number of aliphatic hydroxyl groups excluding tert-OH is 3. The molecule has 1 radical (unpaired) electrons. The van der Waals surface area contributed by atoms with Gasteiger partial charge in [0.1, 0.15) is 6.10 Å². The molecule has 0 aromatic carbocycles. The van der Waals surface area contributed by atoms with Crippen molar-refractivity contribution in [2.45, 2.75) is 12.2 Å². The molecule has 0 saturated carbocycles. The average molecular weight is 105 g/mol. The Bertz CT molecular complexity index is 44.2. The van der Waals surface area contributed by atoms with E-state index in [1.54, 1.807) is 0 Å². The summed E-state index contributed by atoms with van der Waals surface area (Å²) in [6.07, 6.45) is -2.18. The van der Waals surface area contributed by atoms with Gasteiger partial charge in [-0.05, 0) is 6.92 Å². The Hall–Kier alpha value is -0.120. The lowest BCUT2D eigenvalue weighted by Gasteiger charge is -2.07. The summed E-state index contributed by atoms with van der Waals surface area (Å²) in [6.45, 7) is 2.61. The maximum absolute atomic E-state index is 8.37. The van der Waals surface area contributed by atoms with E-state index in [1.165, 1.54) is 0 Å². The first kappa shape index (κ1) is 6.88. The van der Waals surface area contributed by atoms with Crippen molar-refractivity contribution in [2.75, 3.05) is 6.61 Å². The van der Waals surface area contributed by atoms with E-state index in [1.807, 2.05) is 0 Å². The van der Waals surface area contributed by atoms with Gasteiger partial charge in [-0.25, -0.2) is 0 Å². The fourth-order valence-corrected chi connectivity index (χ4v) is 0.122. The molecule has 3 N–H and O–H groups in total. The van der Waals surface area contributed by atoms with Crippen LogP contribution in [0.25, 0.3) is 0 Å². The highest BCUT2D eigenvalue weighted by Crippen LogP contribution is 1.86. The largest absolute Gasteiger partial charge is 0.394 e. The summed E-state index contributed by atoms with van der Waals surface area (Å²) in [5.74, 6) is 0. The lowest BCUT2D eigenvalue weighted by atomic mass is 10.2. The summed E-state index contributed by atoms with van der Waals surface area (Å²) >= 11 is 0. The summed E-state index contributed by atoms with van der Waals surface area (Å²) in [6, 6.07) is 0. The minimum atomic E-state index is -1.10. The average Bonchev–Trinajstić information content (AvgIpc) is 1.65. The normalized spacial score (nSPS) is 18.9. The second-order valence-electron chi connectivity index (χ2n) is 1.32. The van der Waals surface area contributed by atoms with Gasteiger partial charge in [-0.15, -0.1) is 0 Å². The molecular weight excluding hydrogens is 96.0 g/mol. The molecule has 0 aliphatic carbocycles. The molecule has 0 aliphatic rings. The Labute approximate surface area is 42.2 Å². The standard InChI is InChI=1S/C4H9O3/c1-3(6)4(7)2-5/h3-7H,1-2H2/t3-,4+/m0/s1. The third-order valence-electron chi connectivity index (χ3n) is 0.631. The van der Waals surface area contributed by atoms with Gasteiger partial charge in [0.05, 0.1) is 12.7 Å². The van der Waals surface area contributed by atoms with Crippen LogP contribution < -0.4 is 0 Å². The summed E-state index contributed by atoms with van der Waals surface area (Å²) in [4.78, 5) is 0. The van der Waals surface area contributed by atoms with E-state index >= 15 is 0 Å². The topological polar surface area (TPSA) is 60.7 Å². The van der Waals surface area contributed by atoms with Gasteiger partial charge >= 0.3 is 0 Å². The predicted octanol–water partition coefficient (Wildman–Crippen LogP) is -1.47. The van der Waals surface area contributed by atoms with Crippen LogP contribution in [0, 0.1) is 6.92 Å². The van der Waals surface area contributed by atoms with Crippen LogP contribution in [0.1, 0.15) is 0 Å². The molecule has 7 heavy (non-hydrogen) atoms. The van der Waals surface area contributed by atoms with Crippen molar-refractivity contribution < 1.29 is 15.3 Å². The van der Waals surface area contributed by atoms with Gasteiger partial charge < -0.3 is 15.3 Å². The predicted molar refractivity (Wildman–Crippen MR) is 24.5 cm³/mol. The quantitative estimate of drug-likeness (QED) is 0.402. The summed E-state index contributed by atoms with van der Waals surface area (Å²) in [5, 5.41) is 24.7. The second-order valence-corrected chi connectivity index (χ2v) is 1.32. The van der Waals surface area contributed by atoms with E-state index < -0.39 is 18.8 Å². The minimum Gasteiger partial charge on any atom is -0.394 e. The third-order valence-corrected chi connectivity index (χ3v) is 0.631. The Morgan fingerprint density at radius 2 is 1.86 bits per heavy atom. The molecule has 0 unspecified atom stereocenters. The van der Waals surface area contributed by atoms with Crippen molar-refractivity contribution in [1.29, 1.82) is 0 Å². The summed E-state index contributed by atoms with van der Waals surface area (Å²) < 4.78 is 0. The van der Waals surface area contributed by atoms with Crippen LogP contribution >= 0.6 is 0 Å². The fraction of sp³-hybridized carbons (Fsp3) is 0.750. The Kier molecular flexibility index (Phi) is 2.91. The highest BCUT2D eigenvalue weighted by atomic mass is 16.4. The van der Waals surface area contributed by atoms with Crippen LogP contribution in [0.3, 0.4) is 0 Å². The second kappa shape index (κ2) is 2.96. The third kappa shape index (κ3) is 2.56.